The summed E-state index contributed by atoms with van der Waals surface area (Å²) in [7, 11) is 1.27. The molecule has 214 valence electrons. The lowest BCUT2D eigenvalue weighted by Gasteiger charge is -2.21. The van der Waals surface area contributed by atoms with Gasteiger partial charge in [-0.05, 0) is 71.6 Å². The van der Waals surface area contributed by atoms with E-state index in [1.54, 1.807) is 53.7 Å². The minimum Gasteiger partial charge on any atom is -0.468 e. The quantitative estimate of drug-likeness (QED) is 0.232. The van der Waals surface area contributed by atoms with Crippen LogP contribution in [0.5, 0.6) is 11.5 Å². The van der Waals surface area contributed by atoms with E-state index < -0.39 is 40.9 Å². The van der Waals surface area contributed by atoms with Crippen LogP contribution in [0, 0.1) is 16.7 Å². The molecule has 10 nitrogen and oxygen atoms in total. The first-order valence-corrected chi connectivity index (χ1v) is 12.8. The highest BCUT2D eigenvalue weighted by molar-refractivity contribution is 5.81. The number of carbonyl (C=O) groups excluding carboxylic acids is 4. The van der Waals surface area contributed by atoms with Crippen LogP contribution in [0.3, 0.4) is 0 Å². The Morgan fingerprint density at radius 1 is 0.895 bits per heavy atom. The van der Waals surface area contributed by atoms with Gasteiger partial charge in [-0.15, -0.1) is 0 Å². The highest BCUT2D eigenvalue weighted by Gasteiger charge is 2.29. The van der Waals surface area contributed by atoms with Crippen LogP contribution in [0.2, 0.25) is 0 Å². The van der Waals surface area contributed by atoms with Crippen molar-refractivity contribution < 1.29 is 42.9 Å². The van der Waals surface area contributed by atoms with Gasteiger partial charge < -0.3 is 29.0 Å². The smallest absolute Gasteiger partial charge is 0.468 e. The van der Waals surface area contributed by atoms with Crippen LogP contribution < -0.4 is 14.8 Å². The third kappa shape index (κ3) is 11.5. The van der Waals surface area contributed by atoms with Crippen molar-refractivity contribution in [3.8, 4) is 11.5 Å². The zero-order valence-electron chi connectivity index (χ0n) is 24.1. The second kappa shape index (κ2) is 14.7. The average molecular weight is 538 g/mol. The molecule has 0 aromatic heterocycles. The summed E-state index contributed by atoms with van der Waals surface area (Å²) in [6.07, 6.45) is 0.276. The van der Waals surface area contributed by atoms with Crippen LogP contribution >= 0.6 is 0 Å². The van der Waals surface area contributed by atoms with E-state index >= 15 is 0 Å². The van der Waals surface area contributed by atoms with Gasteiger partial charge in [0.1, 0.15) is 12.6 Å². The highest BCUT2D eigenvalue weighted by atomic mass is 16.7. The first-order valence-electron chi connectivity index (χ1n) is 12.8. The zero-order valence-corrected chi connectivity index (χ0v) is 24.1. The second-order valence-electron chi connectivity index (χ2n) is 11.2. The van der Waals surface area contributed by atoms with Crippen molar-refractivity contribution in [2.24, 2.45) is 16.7 Å². The van der Waals surface area contributed by atoms with Gasteiger partial charge in [-0.2, -0.15) is 0 Å². The molecule has 1 unspecified atom stereocenters. The van der Waals surface area contributed by atoms with Crippen molar-refractivity contribution in [1.82, 2.24) is 5.32 Å². The molecule has 0 fully saturated rings. The van der Waals surface area contributed by atoms with Gasteiger partial charge in [0.05, 0.1) is 24.5 Å². The second-order valence-corrected chi connectivity index (χ2v) is 11.2. The van der Waals surface area contributed by atoms with Gasteiger partial charge in [0.2, 0.25) is 0 Å². The average Bonchev–Trinajstić information content (AvgIpc) is 2.83. The van der Waals surface area contributed by atoms with Crippen LogP contribution in [-0.2, 0) is 35.0 Å². The number of carbonyl (C=O) groups is 4. The molecule has 1 rings (SSSR count). The van der Waals surface area contributed by atoms with Gasteiger partial charge in [-0.1, -0.05) is 26.3 Å². The molecule has 1 aromatic carbocycles. The van der Waals surface area contributed by atoms with E-state index in [1.165, 1.54) is 13.2 Å². The number of benzene rings is 1. The Bertz CT molecular complexity index is 960. The molecule has 0 aliphatic rings. The molecule has 0 aliphatic heterocycles. The van der Waals surface area contributed by atoms with E-state index in [9.17, 15) is 19.2 Å². The Kier molecular flexibility index (Phi) is 12.7. The Balaban J connectivity index is 2.98. The van der Waals surface area contributed by atoms with Crippen LogP contribution in [-0.4, -0.2) is 57.0 Å². The molecule has 0 spiro atoms. The SMILES string of the molecule is CCC(C)COC(=O)OCCN[C@@H](Cc1ccc(OC(=O)C(C)(C)C)c(OC(=O)C(C)(C)C)c1)C(=O)OC. The van der Waals surface area contributed by atoms with E-state index in [-0.39, 0.29) is 43.6 Å². The fourth-order valence-electron chi connectivity index (χ4n) is 2.70. The molecule has 0 saturated carbocycles. The summed E-state index contributed by atoms with van der Waals surface area (Å²) >= 11 is 0. The lowest BCUT2D eigenvalue weighted by atomic mass is 9.97. The summed E-state index contributed by atoms with van der Waals surface area (Å²) in [6.45, 7) is 14.7. The van der Waals surface area contributed by atoms with Crippen LogP contribution in [0.4, 0.5) is 4.79 Å². The largest absolute Gasteiger partial charge is 0.508 e. The van der Waals surface area contributed by atoms with Crippen molar-refractivity contribution in [3.63, 3.8) is 0 Å². The molecular formula is C28H43NO9. The third-order valence-corrected chi connectivity index (χ3v) is 5.46. The zero-order chi connectivity index (χ0) is 29.1. The van der Waals surface area contributed by atoms with Crippen molar-refractivity contribution in [2.45, 2.75) is 74.3 Å². The van der Waals surface area contributed by atoms with Gasteiger partial charge in [-0.3, -0.25) is 14.4 Å². The summed E-state index contributed by atoms with van der Waals surface area (Å²) in [5.74, 6) is -1.13. The number of hydrogen-bond donors (Lipinski definition) is 1. The summed E-state index contributed by atoms with van der Waals surface area (Å²) in [5, 5.41) is 3.00. The third-order valence-electron chi connectivity index (χ3n) is 5.46. The van der Waals surface area contributed by atoms with E-state index in [2.05, 4.69) is 5.32 Å². The van der Waals surface area contributed by atoms with Crippen molar-refractivity contribution in [1.29, 1.82) is 0 Å². The van der Waals surface area contributed by atoms with Crippen LogP contribution in [0.15, 0.2) is 18.2 Å². The predicted octanol–water partition coefficient (Wildman–Crippen LogP) is 4.46. The molecule has 10 heteroatoms. The van der Waals surface area contributed by atoms with E-state index in [0.29, 0.717) is 5.56 Å². The number of ether oxygens (including phenoxy) is 5. The topological polar surface area (TPSA) is 126 Å². The predicted molar refractivity (Wildman–Crippen MR) is 141 cm³/mol. The summed E-state index contributed by atoms with van der Waals surface area (Å²) in [5.41, 5.74) is -0.950. The Morgan fingerprint density at radius 3 is 2.00 bits per heavy atom. The first-order chi connectivity index (χ1) is 17.6. The van der Waals surface area contributed by atoms with Crippen molar-refractivity contribution in [3.05, 3.63) is 23.8 Å². The maximum absolute atomic E-state index is 12.6. The van der Waals surface area contributed by atoms with Gasteiger partial charge in [0, 0.05) is 6.54 Å². The van der Waals surface area contributed by atoms with Crippen molar-refractivity contribution in [2.75, 3.05) is 26.9 Å². The molecule has 0 heterocycles. The summed E-state index contributed by atoms with van der Waals surface area (Å²) in [4.78, 5) is 49.2. The number of esters is 3. The lowest BCUT2D eigenvalue weighted by Crippen LogP contribution is -2.41. The fourth-order valence-corrected chi connectivity index (χ4v) is 2.70. The van der Waals surface area contributed by atoms with Crippen molar-refractivity contribution >= 4 is 24.1 Å². The van der Waals surface area contributed by atoms with E-state index in [0.717, 1.165) is 6.42 Å². The molecule has 0 radical (unpaired) electrons. The highest BCUT2D eigenvalue weighted by Crippen LogP contribution is 2.33. The molecule has 38 heavy (non-hydrogen) atoms. The minimum atomic E-state index is -0.798. The van der Waals surface area contributed by atoms with E-state index in [1.807, 2.05) is 13.8 Å². The number of rotatable bonds is 12. The van der Waals surface area contributed by atoms with Gasteiger partial charge in [0.15, 0.2) is 11.5 Å². The normalized spacial score (nSPS) is 13.2. The molecule has 0 amide bonds. The summed E-state index contributed by atoms with van der Waals surface area (Å²) < 4.78 is 26.1. The Hall–Kier alpha value is -3.14. The molecule has 1 aromatic rings. The maximum Gasteiger partial charge on any atom is 0.508 e. The fraction of sp³-hybridized carbons (Fsp3) is 0.643. The van der Waals surface area contributed by atoms with Gasteiger partial charge in [0.25, 0.3) is 0 Å². The number of methoxy groups -OCH3 is 1. The first kappa shape index (κ1) is 32.9. The maximum atomic E-state index is 12.6. The Morgan fingerprint density at radius 2 is 1.47 bits per heavy atom. The molecular weight excluding hydrogens is 494 g/mol. The summed E-state index contributed by atoms with van der Waals surface area (Å²) in [6, 6.07) is 3.96. The standard InChI is InChI=1S/C28H43NO9/c1-10-18(2)17-36-26(33)35-14-13-29-20(23(30)34-9)15-19-11-12-21(37-24(31)27(3,4)5)22(16-19)38-25(32)28(6,7)8/h11-12,16,18,20,29H,10,13-15,17H2,1-9H3/t18?,20-/m0/s1. The lowest BCUT2D eigenvalue weighted by molar-refractivity contribution is -0.145. The Labute approximate surface area is 225 Å². The molecule has 0 bridgehead atoms. The van der Waals surface area contributed by atoms with E-state index in [4.69, 9.17) is 23.7 Å². The van der Waals surface area contributed by atoms with Crippen LogP contribution in [0.1, 0.15) is 67.4 Å². The number of hydrogen-bond acceptors (Lipinski definition) is 10. The van der Waals surface area contributed by atoms with Gasteiger partial charge in [-0.25, -0.2) is 4.79 Å². The monoisotopic (exact) mass is 537 g/mol. The van der Waals surface area contributed by atoms with Crippen LogP contribution in [0.25, 0.3) is 0 Å². The molecule has 0 aliphatic carbocycles. The minimum absolute atomic E-state index is 0.0109. The van der Waals surface area contributed by atoms with Gasteiger partial charge >= 0.3 is 24.1 Å². The molecule has 1 N–H and O–H groups in total. The number of nitrogens with one attached hydrogen (secondary N) is 1. The molecule has 2 atom stereocenters. The molecule has 0 saturated heterocycles.